The summed E-state index contributed by atoms with van der Waals surface area (Å²) in [7, 11) is 1.56. The third-order valence-corrected chi connectivity index (χ3v) is 3.00. The Morgan fingerprint density at radius 1 is 1.05 bits per heavy atom. The molecule has 0 saturated carbocycles. The SMILES string of the molecule is CNC(=O)Cc1ccccc1NC(=O)c1ccc(F)cc1. The van der Waals surface area contributed by atoms with Gasteiger partial charge in [-0.25, -0.2) is 4.39 Å². The van der Waals surface area contributed by atoms with Crippen molar-refractivity contribution in [1.82, 2.24) is 5.32 Å². The maximum absolute atomic E-state index is 12.8. The number of benzene rings is 2. The van der Waals surface area contributed by atoms with Crippen LogP contribution in [-0.2, 0) is 11.2 Å². The van der Waals surface area contributed by atoms with E-state index in [0.29, 0.717) is 16.8 Å². The minimum Gasteiger partial charge on any atom is -0.359 e. The van der Waals surface area contributed by atoms with Crippen LogP contribution in [-0.4, -0.2) is 18.9 Å². The van der Waals surface area contributed by atoms with Crippen LogP contribution in [0.5, 0.6) is 0 Å². The molecule has 2 aromatic carbocycles. The number of amides is 2. The van der Waals surface area contributed by atoms with Crippen molar-refractivity contribution in [3.05, 3.63) is 65.5 Å². The second-order valence-electron chi connectivity index (χ2n) is 4.47. The molecule has 4 nitrogen and oxygen atoms in total. The molecule has 2 N–H and O–H groups in total. The van der Waals surface area contributed by atoms with E-state index in [-0.39, 0.29) is 18.2 Å². The van der Waals surface area contributed by atoms with Crippen molar-refractivity contribution in [3.8, 4) is 0 Å². The molecule has 5 heteroatoms. The second kappa shape index (κ2) is 6.65. The lowest BCUT2D eigenvalue weighted by atomic mass is 10.1. The summed E-state index contributed by atoms with van der Waals surface area (Å²) >= 11 is 0. The van der Waals surface area contributed by atoms with Crippen LogP contribution in [0.15, 0.2) is 48.5 Å². The Bertz CT molecular complexity index is 654. The van der Waals surface area contributed by atoms with E-state index in [2.05, 4.69) is 10.6 Å². The topological polar surface area (TPSA) is 58.2 Å². The monoisotopic (exact) mass is 286 g/mol. The highest BCUT2D eigenvalue weighted by atomic mass is 19.1. The van der Waals surface area contributed by atoms with E-state index in [1.54, 1.807) is 31.3 Å². The highest BCUT2D eigenvalue weighted by molar-refractivity contribution is 6.04. The fourth-order valence-corrected chi connectivity index (χ4v) is 1.85. The van der Waals surface area contributed by atoms with Crippen LogP contribution in [0.4, 0.5) is 10.1 Å². The average molecular weight is 286 g/mol. The van der Waals surface area contributed by atoms with Gasteiger partial charge in [0.05, 0.1) is 6.42 Å². The van der Waals surface area contributed by atoms with Crippen LogP contribution < -0.4 is 10.6 Å². The normalized spacial score (nSPS) is 10.0. The first-order chi connectivity index (χ1) is 10.1. The Morgan fingerprint density at radius 3 is 2.38 bits per heavy atom. The number of nitrogens with one attached hydrogen (secondary N) is 2. The summed E-state index contributed by atoms with van der Waals surface area (Å²) in [5, 5.41) is 5.27. The second-order valence-corrected chi connectivity index (χ2v) is 4.47. The molecule has 0 unspecified atom stereocenters. The van der Waals surface area contributed by atoms with Crippen molar-refractivity contribution in [2.24, 2.45) is 0 Å². The molecule has 0 spiro atoms. The predicted molar refractivity (Wildman–Crippen MR) is 78.6 cm³/mol. The quantitative estimate of drug-likeness (QED) is 0.906. The van der Waals surface area contributed by atoms with Gasteiger partial charge in [-0.05, 0) is 35.9 Å². The van der Waals surface area contributed by atoms with Crippen molar-refractivity contribution in [2.45, 2.75) is 6.42 Å². The molecule has 0 aliphatic rings. The number of hydrogen-bond acceptors (Lipinski definition) is 2. The number of hydrogen-bond donors (Lipinski definition) is 2. The van der Waals surface area contributed by atoms with Crippen LogP contribution in [0.25, 0.3) is 0 Å². The predicted octanol–water partition coefficient (Wildman–Crippen LogP) is 2.37. The number of anilines is 1. The molecule has 0 atom stereocenters. The van der Waals surface area contributed by atoms with E-state index >= 15 is 0 Å². The fourth-order valence-electron chi connectivity index (χ4n) is 1.85. The van der Waals surface area contributed by atoms with Gasteiger partial charge in [-0.1, -0.05) is 18.2 Å². The lowest BCUT2D eigenvalue weighted by Gasteiger charge is -2.10. The molecule has 0 aliphatic heterocycles. The molecular formula is C16H15FN2O2. The van der Waals surface area contributed by atoms with Gasteiger partial charge < -0.3 is 10.6 Å². The first kappa shape index (κ1) is 14.7. The highest BCUT2D eigenvalue weighted by Gasteiger charge is 2.10. The number of carbonyl (C=O) groups is 2. The third kappa shape index (κ3) is 3.89. The zero-order valence-corrected chi connectivity index (χ0v) is 11.5. The number of rotatable bonds is 4. The van der Waals surface area contributed by atoms with E-state index in [4.69, 9.17) is 0 Å². The molecule has 0 aromatic heterocycles. The van der Waals surface area contributed by atoms with Gasteiger partial charge >= 0.3 is 0 Å². The van der Waals surface area contributed by atoms with E-state index in [9.17, 15) is 14.0 Å². The maximum atomic E-state index is 12.8. The van der Waals surface area contributed by atoms with Crippen molar-refractivity contribution < 1.29 is 14.0 Å². The summed E-state index contributed by atoms with van der Waals surface area (Å²) in [5.74, 6) is -0.885. The largest absolute Gasteiger partial charge is 0.359 e. The summed E-state index contributed by atoms with van der Waals surface area (Å²) in [6.45, 7) is 0. The van der Waals surface area contributed by atoms with Gasteiger partial charge in [0.1, 0.15) is 5.82 Å². The lowest BCUT2D eigenvalue weighted by Crippen LogP contribution is -2.21. The molecule has 2 aromatic rings. The molecule has 108 valence electrons. The average Bonchev–Trinajstić information content (AvgIpc) is 2.49. The van der Waals surface area contributed by atoms with Crippen molar-refractivity contribution in [3.63, 3.8) is 0 Å². The maximum Gasteiger partial charge on any atom is 0.255 e. The van der Waals surface area contributed by atoms with Crippen LogP contribution in [0, 0.1) is 5.82 Å². The van der Waals surface area contributed by atoms with E-state index in [0.717, 1.165) is 0 Å². The summed E-state index contributed by atoms with van der Waals surface area (Å²) in [4.78, 5) is 23.6. The minimum absolute atomic E-state index is 0.140. The van der Waals surface area contributed by atoms with Gasteiger partial charge in [0.25, 0.3) is 5.91 Å². The molecule has 0 bridgehead atoms. The Balaban J connectivity index is 2.17. The first-order valence-corrected chi connectivity index (χ1v) is 6.45. The number of halogens is 1. The van der Waals surface area contributed by atoms with Gasteiger partial charge in [0, 0.05) is 18.3 Å². The van der Waals surface area contributed by atoms with E-state index in [1.807, 2.05) is 0 Å². The minimum atomic E-state index is -0.397. The van der Waals surface area contributed by atoms with Crippen LogP contribution in [0.1, 0.15) is 15.9 Å². The molecule has 0 aliphatic carbocycles. The molecular weight excluding hydrogens is 271 g/mol. The summed E-state index contributed by atoms with van der Waals surface area (Å²) < 4.78 is 12.8. The van der Waals surface area contributed by atoms with Crippen molar-refractivity contribution >= 4 is 17.5 Å². The zero-order chi connectivity index (χ0) is 15.2. The molecule has 0 fully saturated rings. The number of carbonyl (C=O) groups excluding carboxylic acids is 2. The number of para-hydroxylation sites is 1. The van der Waals surface area contributed by atoms with Crippen molar-refractivity contribution in [1.29, 1.82) is 0 Å². The first-order valence-electron chi connectivity index (χ1n) is 6.45. The summed E-state index contributed by atoms with van der Waals surface area (Å²) in [6, 6.07) is 12.3. The number of likely N-dealkylation sites (N-methyl/N-ethyl adjacent to an activating group) is 1. The summed E-state index contributed by atoms with van der Waals surface area (Å²) in [5.41, 5.74) is 1.63. The lowest BCUT2D eigenvalue weighted by molar-refractivity contribution is -0.119. The molecule has 0 heterocycles. The Hall–Kier alpha value is -2.69. The van der Waals surface area contributed by atoms with Gasteiger partial charge in [0.15, 0.2) is 0 Å². The smallest absolute Gasteiger partial charge is 0.255 e. The standard InChI is InChI=1S/C16H15FN2O2/c1-18-15(20)10-12-4-2-3-5-14(12)19-16(21)11-6-8-13(17)9-7-11/h2-9H,10H2,1H3,(H,18,20)(H,19,21). The van der Waals surface area contributed by atoms with E-state index < -0.39 is 5.82 Å². The van der Waals surface area contributed by atoms with E-state index in [1.165, 1.54) is 24.3 Å². The molecule has 0 saturated heterocycles. The van der Waals surface area contributed by atoms with Gasteiger partial charge in [-0.2, -0.15) is 0 Å². The van der Waals surface area contributed by atoms with Gasteiger partial charge in [-0.15, -0.1) is 0 Å². The highest BCUT2D eigenvalue weighted by Crippen LogP contribution is 2.17. The molecule has 21 heavy (non-hydrogen) atoms. The van der Waals surface area contributed by atoms with Gasteiger partial charge in [-0.3, -0.25) is 9.59 Å². The fraction of sp³-hybridized carbons (Fsp3) is 0.125. The third-order valence-electron chi connectivity index (χ3n) is 3.00. The Kier molecular flexibility index (Phi) is 4.66. The summed E-state index contributed by atoms with van der Waals surface area (Å²) in [6.07, 6.45) is 0.177. The molecule has 2 rings (SSSR count). The van der Waals surface area contributed by atoms with Crippen LogP contribution in [0.3, 0.4) is 0 Å². The Labute approximate surface area is 122 Å². The van der Waals surface area contributed by atoms with Crippen LogP contribution >= 0.6 is 0 Å². The molecule has 0 radical (unpaired) electrons. The Morgan fingerprint density at radius 2 is 1.71 bits per heavy atom. The zero-order valence-electron chi connectivity index (χ0n) is 11.5. The van der Waals surface area contributed by atoms with Gasteiger partial charge in [0.2, 0.25) is 5.91 Å². The van der Waals surface area contributed by atoms with Crippen molar-refractivity contribution in [2.75, 3.05) is 12.4 Å². The van der Waals surface area contributed by atoms with Crippen LogP contribution in [0.2, 0.25) is 0 Å². The molecule has 2 amide bonds.